The molecule has 0 radical (unpaired) electrons. The summed E-state index contributed by atoms with van der Waals surface area (Å²) in [6.45, 7) is 8.01. The van der Waals surface area contributed by atoms with Gasteiger partial charge in [0.1, 0.15) is 10.7 Å². The highest BCUT2D eigenvalue weighted by molar-refractivity contribution is 7.99. The molecule has 3 rings (SSSR count). The largest absolute Gasteiger partial charge is 0.462 e. The van der Waals surface area contributed by atoms with Crippen molar-refractivity contribution in [3.05, 3.63) is 56.4 Å². The summed E-state index contributed by atoms with van der Waals surface area (Å²) < 4.78 is 5.09. The second-order valence-electron chi connectivity index (χ2n) is 7.13. The zero-order valence-electron chi connectivity index (χ0n) is 17.9. The molecule has 1 amide bonds. The van der Waals surface area contributed by atoms with E-state index in [0.29, 0.717) is 34.8 Å². The van der Waals surface area contributed by atoms with E-state index in [4.69, 9.17) is 4.74 Å². The Morgan fingerprint density at radius 3 is 2.65 bits per heavy atom. The predicted molar refractivity (Wildman–Crippen MR) is 126 cm³/mol. The highest BCUT2D eigenvalue weighted by Gasteiger charge is 2.17. The number of nitrogens with one attached hydrogen (secondary N) is 2. The van der Waals surface area contributed by atoms with Gasteiger partial charge in [-0.25, -0.2) is 9.78 Å². The molecule has 0 fully saturated rings. The minimum absolute atomic E-state index is 0.142. The van der Waals surface area contributed by atoms with Gasteiger partial charge in [-0.2, -0.15) is 0 Å². The Labute approximate surface area is 188 Å². The van der Waals surface area contributed by atoms with Gasteiger partial charge in [0.05, 0.1) is 28.6 Å². The van der Waals surface area contributed by atoms with Crippen molar-refractivity contribution in [1.82, 2.24) is 9.97 Å². The molecule has 0 saturated carbocycles. The van der Waals surface area contributed by atoms with E-state index in [-0.39, 0.29) is 22.7 Å². The quantitative estimate of drug-likeness (QED) is 0.483. The molecule has 0 aliphatic rings. The van der Waals surface area contributed by atoms with Crippen molar-refractivity contribution < 1.29 is 14.3 Å². The molecule has 2 aromatic heterocycles. The van der Waals surface area contributed by atoms with Crippen LogP contribution in [0.4, 0.5) is 5.69 Å². The molecular weight excluding hydrogens is 434 g/mol. The molecule has 3 aromatic rings. The van der Waals surface area contributed by atoms with Crippen molar-refractivity contribution in [3.8, 4) is 0 Å². The Morgan fingerprint density at radius 1 is 1.26 bits per heavy atom. The fourth-order valence-corrected chi connectivity index (χ4v) is 4.66. The van der Waals surface area contributed by atoms with Crippen LogP contribution in [-0.2, 0) is 15.3 Å². The van der Waals surface area contributed by atoms with Gasteiger partial charge in [0.2, 0.25) is 5.91 Å². The average molecular weight is 460 g/mol. The van der Waals surface area contributed by atoms with Crippen molar-refractivity contribution in [1.29, 1.82) is 0 Å². The number of rotatable bonds is 8. The number of benzene rings is 1. The second kappa shape index (κ2) is 10.1. The standard InChI is InChI=1S/C22H25N3O4S2/c1-5-10-29-22(28)15-6-8-16(9-7-15)23-19(26)14(4)30-11-17-24-20(27)18-12(2)13(3)31-21(18)25-17/h6-9,14H,5,10-11H2,1-4H3,(H,23,26)(H,24,25,27). The Morgan fingerprint density at radius 2 is 1.97 bits per heavy atom. The molecule has 1 unspecified atom stereocenters. The van der Waals surface area contributed by atoms with Crippen LogP contribution in [-0.4, -0.2) is 33.7 Å². The van der Waals surface area contributed by atoms with Crippen LogP contribution >= 0.6 is 23.1 Å². The third kappa shape index (κ3) is 5.54. The number of hydrogen-bond acceptors (Lipinski definition) is 7. The number of fused-ring (bicyclic) bond motifs is 1. The maximum atomic E-state index is 12.5. The summed E-state index contributed by atoms with van der Waals surface area (Å²) in [5.41, 5.74) is 1.86. The van der Waals surface area contributed by atoms with Gasteiger partial charge >= 0.3 is 5.97 Å². The Kier molecular flexibility index (Phi) is 7.50. The van der Waals surface area contributed by atoms with Crippen LogP contribution in [0.3, 0.4) is 0 Å². The molecular formula is C22H25N3O4S2. The van der Waals surface area contributed by atoms with E-state index in [2.05, 4.69) is 15.3 Å². The first-order chi connectivity index (χ1) is 14.8. The summed E-state index contributed by atoms with van der Waals surface area (Å²) in [5.74, 6) is 0.423. The topological polar surface area (TPSA) is 101 Å². The van der Waals surface area contributed by atoms with Crippen molar-refractivity contribution in [2.24, 2.45) is 0 Å². The predicted octanol–water partition coefficient (Wildman–Crippen LogP) is 4.43. The maximum absolute atomic E-state index is 12.5. The number of thiophene rings is 1. The number of H-pyrrole nitrogens is 1. The highest BCUT2D eigenvalue weighted by atomic mass is 32.2. The van der Waals surface area contributed by atoms with E-state index in [1.807, 2.05) is 20.8 Å². The number of carbonyl (C=O) groups excluding carboxylic acids is 2. The van der Waals surface area contributed by atoms with Gasteiger partial charge in [-0.15, -0.1) is 23.1 Å². The number of thioether (sulfide) groups is 1. The number of aryl methyl sites for hydroxylation is 2. The van der Waals surface area contributed by atoms with Crippen LogP contribution in [0.15, 0.2) is 29.1 Å². The molecule has 2 heterocycles. The van der Waals surface area contributed by atoms with Gasteiger partial charge in [0.15, 0.2) is 0 Å². The van der Waals surface area contributed by atoms with Crippen LogP contribution in [0.5, 0.6) is 0 Å². The summed E-state index contributed by atoms with van der Waals surface area (Å²) in [6.07, 6.45) is 0.763. The van der Waals surface area contributed by atoms with E-state index in [0.717, 1.165) is 21.7 Å². The molecule has 0 spiro atoms. The van der Waals surface area contributed by atoms with Crippen molar-refractivity contribution in [3.63, 3.8) is 0 Å². The van der Waals surface area contributed by atoms with Gasteiger partial charge in [-0.1, -0.05) is 6.92 Å². The second-order valence-corrected chi connectivity index (χ2v) is 9.66. The summed E-state index contributed by atoms with van der Waals surface area (Å²) in [6, 6.07) is 6.60. The van der Waals surface area contributed by atoms with Gasteiger partial charge in [0.25, 0.3) is 5.56 Å². The number of amides is 1. The summed E-state index contributed by atoms with van der Waals surface area (Å²) in [5, 5.41) is 3.12. The highest BCUT2D eigenvalue weighted by Crippen LogP contribution is 2.26. The Balaban J connectivity index is 1.58. The zero-order valence-corrected chi connectivity index (χ0v) is 19.5. The van der Waals surface area contributed by atoms with E-state index in [1.165, 1.54) is 23.1 Å². The van der Waals surface area contributed by atoms with Crippen LogP contribution in [0.2, 0.25) is 0 Å². The molecule has 1 atom stereocenters. The third-order valence-corrected chi connectivity index (χ3v) is 7.01. The van der Waals surface area contributed by atoms with E-state index < -0.39 is 0 Å². The number of carbonyl (C=O) groups is 2. The first-order valence-corrected chi connectivity index (χ1v) is 11.8. The first-order valence-electron chi connectivity index (χ1n) is 9.98. The fraction of sp³-hybridized carbons (Fsp3) is 0.364. The first kappa shape index (κ1) is 23.0. The van der Waals surface area contributed by atoms with Crippen molar-refractivity contribution in [2.45, 2.75) is 45.1 Å². The number of hydrogen-bond donors (Lipinski definition) is 2. The molecule has 0 aliphatic carbocycles. The number of aromatic nitrogens is 2. The minimum atomic E-state index is -0.377. The fourth-order valence-electron chi connectivity index (χ4n) is 2.86. The number of aromatic amines is 1. The van der Waals surface area contributed by atoms with E-state index in [9.17, 15) is 14.4 Å². The molecule has 1 aromatic carbocycles. The third-order valence-electron chi connectivity index (χ3n) is 4.75. The van der Waals surface area contributed by atoms with Crippen LogP contribution in [0.1, 0.15) is 46.9 Å². The molecule has 164 valence electrons. The molecule has 0 bridgehead atoms. The lowest BCUT2D eigenvalue weighted by atomic mass is 10.2. The number of ether oxygens (including phenoxy) is 1. The number of anilines is 1. The normalized spacial score (nSPS) is 12.0. The van der Waals surface area contributed by atoms with Gasteiger partial charge in [-0.3, -0.25) is 9.59 Å². The van der Waals surface area contributed by atoms with Crippen molar-refractivity contribution in [2.75, 3.05) is 11.9 Å². The lowest BCUT2D eigenvalue weighted by molar-refractivity contribution is -0.115. The lowest BCUT2D eigenvalue weighted by Gasteiger charge is -2.12. The SMILES string of the molecule is CCCOC(=O)c1ccc(NC(=O)C(C)SCc2nc3sc(C)c(C)c3c(=O)[nH]2)cc1. The summed E-state index contributed by atoms with van der Waals surface area (Å²) >= 11 is 2.89. The minimum Gasteiger partial charge on any atom is -0.462 e. The molecule has 9 heteroatoms. The average Bonchev–Trinajstić information content (AvgIpc) is 3.04. The smallest absolute Gasteiger partial charge is 0.338 e. The molecule has 7 nitrogen and oxygen atoms in total. The summed E-state index contributed by atoms with van der Waals surface area (Å²) in [4.78, 5) is 45.9. The number of nitrogens with zero attached hydrogens (tertiary/aromatic N) is 1. The monoisotopic (exact) mass is 459 g/mol. The van der Waals surface area contributed by atoms with Gasteiger partial charge < -0.3 is 15.0 Å². The summed E-state index contributed by atoms with van der Waals surface area (Å²) in [7, 11) is 0. The van der Waals surface area contributed by atoms with E-state index in [1.54, 1.807) is 31.2 Å². The van der Waals surface area contributed by atoms with E-state index >= 15 is 0 Å². The lowest BCUT2D eigenvalue weighted by Crippen LogP contribution is -2.23. The molecule has 31 heavy (non-hydrogen) atoms. The molecule has 2 N–H and O–H groups in total. The van der Waals surface area contributed by atoms with Gasteiger partial charge in [0, 0.05) is 10.6 Å². The Bertz CT molecular complexity index is 1150. The zero-order chi connectivity index (χ0) is 22.5. The van der Waals surface area contributed by atoms with Crippen LogP contribution in [0.25, 0.3) is 10.2 Å². The maximum Gasteiger partial charge on any atom is 0.338 e. The Hall–Kier alpha value is -2.65. The van der Waals surface area contributed by atoms with Gasteiger partial charge in [-0.05, 0) is 57.0 Å². The van der Waals surface area contributed by atoms with Crippen LogP contribution < -0.4 is 10.9 Å². The van der Waals surface area contributed by atoms with Crippen LogP contribution in [0, 0.1) is 13.8 Å². The molecule has 0 saturated heterocycles. The van der Waals surface area contributed by atoms with Crippen molar-refractivity contribution >= 4 is 50.9 Å². The number of esters is 1. The molecule has 0 aliphatic heterocycles.